The average Bonchev–Trinajstić information content (AvgIpc) is 2.75. The molecule has 5 heteroatoms. The molecule has 1 saturated heterocycles. The van der Waals surface area contributed by atoms with Gasteiger partial charge in [0.25, 0.3) is 5.91 Å². The van der Waals surface area contributed by atoms with Crippen molar-refractivity contribution < 1.29 is 14.6 Å². The minimum atomic E-state index is -0.388. The van der Waals surface area contributed by atoms with Crippen LogP contribution in [0.3, 0.4) is 0 Å². The first-order chi connectivity index (χ1) is 8.11. The molecule has 1 heterocycles. The zero-order valence-electron chi connectivity index (χ0n) is 9.52. The number of aliphatic hydroxyl groups excluding tert-OH is 1. The maximum Gasteiger partial charge on any atom is 0.253 e. The average molecular weight is 300 g/mol. The van der Waals surface area contributed by atoms with Gasteiger partial charge in [-0.25, -0.2) is 0 Å². The van der Waals surface area contributed by atoms with E-state index < -0.39 is 0 Å². The third-order valence-electron chi connectivity index (χ3n) is 2.85. The summed E-state index contributed by atoms with van der Waals surface area (Å²) in [6.45, 7) is 1.03. The topological polar surface area (TPSA) is 49.8 Å². The molecule has 1 aliphatic heterocycles. The molecule has 0 bridgehead atoms. The number of hydrogen-bond donors (Lipinski definition) is 1. The van der Waals surface area contributed by atoms with E-state index in [0.29, 0.717) is 30.8 Å². The predicted octanol–water partition coefficient (Wildman–Crippen LogP) is 1.66. The van der Waals surface area contributed by atoms with Gasteiger partial charge in [0, 0.05) is 18.7 Å². The normalized spacial score (nSPS) is 19.5. The van der Waals surface area contributed by atoms with Gasteiger partial charge in [-0.15, -0.1) is 0 Å². The third-order valence-corrected chi connectivity index (χ3v) is 3.47. The van der Waals surface area contributed by atoms with Gasteiger partial charge < -0.3 is 14.7 Å². The molecule has 0 aromatic heterocycles. The second-order valence-corrected chi connectivity index (χ2v) is 4.90. The summed E-state index contributed by atoms with van der Waals surface area (Å²) < 4.78 is 5.87. The van der Waals surface area contributed by atoms with Crippen LogP contribution in [-0.2, 0) is 0 Å². The highest BCUT2D eigenvalue weighted by atomic mass is 79.9. The lowest BCUT2D eigenvalue weighted by molar-refractivity contribution is 0.0765. The first kappa shape index (κ1) is 12.4. The van der Waals surface area contributed by atoms with E-state index in [0.717, 1.165) is 4.47 Å². The number of benzene rings is 1. The van der Waals surface area contributed by atoms with Gasteiger partial charge in [0.05, 0.1) is 17.7 Å². The molecule has 1 fully saturated rings. The Kier molecular flexibility index (Phi) is 3.69. The molecule has 17 heavy (non-hydrogen) atoms. The van der Waals surface area contributed by atoms with Crippen LogP contribution in [0.1, 0.15) is 16.8 Å². The highest BCUT2D eigenvalue weighted by Crippen LogP contribution is 2.26. The Morgan fingerprint density at radius 2 is 2.35 bits per heavy atom. The van der Waals surface area contributed by atoms with Gasteiger partial charge in [-0.2, -0.15) is 0 Å². The molecule has 0 aliphatic carbocycles. The molecular weight excluding hydrogens is 286 g/mol. The number of carbonyl (C=O) groups is 1. The maximum atomic E-state index is 12.1. The number of hydrogen-bond acceptors (Lipinski definition) is 3. The Labute approximate surface area is 108 Å². The summed E-state index contributed by atoms with van der Waals surface area (Å²) in [4.78, 5) is 13.8. The van der Waals surface area contributed by atoms with E-state index in [1.165, 1.54) is 0 Å². The lowest BCUT2D eigenvalue weighted by Crippen LogP contribution is -2.29. The monoisotopic (exact) mass is 299 g/mol. The van der Waals surface area contributed by atoms with Crippen molar-refractivity contribution in [3.63, 3.8) is 0 Å². The molecule has 1 aromatic carbocycles. The fraction of sp³-hybridized carbons (Fsp3) is 0.417. The largest absolute Gasteiger partial charge is 0.496 e. The standard InChI is InChI=1S/C12H14BrNO3/c1-17-11-3-2-8(6-10(11)13)12(16)14-5-4-9(15)7-14/h2-3,6,9,15H,4-5,7H2,1H3/t9-/m0/s1. The van der Waals surface area contributed by atoms with E-state index in [1.807, 2.05) is 0 Å². The minimum absolute atomic E-state index is 0.0510. The second kappa shape index (κ2) is 5.06. The van der Waals surface area contributed by atoms with Crippen LogP contribution in [0.2, 0.25) is 0 Å². The Hall–Kier alpha value is -1.07. The number of nitrogens with zero attached hydrogens (tertiary/aromatic N) is 1. The van der Waals surface area contributed by atoms with Crippen molar-refractivity contribution in [1.82, 2.24) is 4.90 Å². The van der Waals surface area contributed by atoms with E-state index in [9.17, 15) is 9.90 Å². The number of methoxy groups -OCH3 is 1. The lowest BCUT2D eigenvalue weighted by Gasteiger charge is -2.16. The molecule has 2 rings (SSSR count). The quantitative estimate of drug-likeness (QED) is 0.904. The van der Waals surface area contributed by atoms with Crippen LogP contribution in [0.25, 0.3) is 0 Å². The zero-order valence-corrected chi connectivity index (χ0v) is 11.1. The number of β-amino-alcohol motifs (C(OH)–C–C–N with tert-alkyl or cyclic N) is 1. The second-order valence-electron chi connectivity index (χ2n) is 4.04. The molecule has 1 aromatic rings. The van der Waals surface area contributed by atoms with E-state index in [1.54, 1.807) is 30.2 Å². The molecule has 1 aliphatic rings. The molecule has 92 valence electrons. The van der Waals surface area contributed by atoms with Gasteiger partial charge in [-0.1, -0.05) is 0 Å². The van der Waals surface area contributed by atoms with Crippen LogP contribution in [-0.4, -0.2) is 42.2 Å². The van der Waals surface area contributed by atoms with Gasteiger partial charge in [0.2, 0.25) is 0 Å². The summed E-state index contributed by atoms with van der Waals surface area (Å²) in [5.74, 6) is 0.646. The summed E-state index contributed by atoms with van der Waals surface area (Å²) in [6.07, 6.45) is 0.268. The molecule has 0 saturated carbocycles. The van der Waals surface area contributed by atoms with Crippen LogP contribution in [0.5, 0.6) is 5.75 Å². The Balaban J connectivity index is 2.17. The van der Waals surface area contributed by atoms with Crippen LogP contribution in [0.15, 0.2) is 22.7 Å². The van der Waals surface area contributed by atoms with Crippen LogP contribution < -0.4 is 4.74 Å². The summed E-state index contributed by atoms with van der Waals surface area (Å²) >= 11 is 3.35. The fourth-order valence-corrected chi connectivity index (χ4v) is 2.45. The molecule has 0 spiro atoms. The van der Waals surface area contributed by atoms with Crippen LogP contribution in [0, 0.1) is 0 Å². The Bertz CT molecular complexity index is 436. The summed E-state index contributed by atoms with van der Waals surface area (Å²) in [5.41, 5.74) is 0.603. The van der Waals surface area contributed by atoms with E-state index in [-0.39, 0.29) is 12.0 Å². The number of aliphatic hydroxyl groups is 1. The van der Waals surface area contributed by atoms with Crippen molar-refractivity contribution >= 4 is 21.8 Å². The van der Waals surface area contributed by atoms with Crippen molar-refractivity contribution in [3.05, 3.63) is 28.2 Å². The van der Waals surface area contributed by atoms with Crippen LogP contribution in [0.4, 0.5) is 0 Å². The molecular formula is C12H14BrNO3. The van der Waals surface area contributed by atoms with Crippen molar-refractivity contribution in [2.75, 3.05) is 20.2 Å². The smallest absolute Gasteiger partial charge is 0.253 e. The van der Waals surface area contributed by atoms with Gasteiger partial charge in [0.1, 0.15) is 5.75 Å². The molecule has 0 unspecified atom stereocenters. The first-order valence-corrected chi connectivity index (χ1v) is 6.22. The van der Waals surface area contributed by atoms with Crippen LogP contribution >= 0.6 is 15.9 Å². The number of ether oxygens (including phenoxy) is 1. The number of carbonyl (C=O) groups excluding carboxylic acids is 1. The predicted molar refractivity (Wildman–Crippen MR) is 67.2 cm³/mol. The van der Waals surface area contributed by atoms with Crippen molar-refractivity contribution in [1.29, 1.82) is 0 Å². The molecule has 4 nitrogen and oxygen atoms in total. The van der Waals surface area contributed by atoms with E-state index in [4.69, 9.17) is 4.74 Å². The van der Waals surface area contributed by atoms with Crippen molar-refractivity contribution in [2.24, 2.45) is 0 Å². The Morgan fingerprint density at radius 1 is 1.59 bits per heavy atom. The zero-order chi connectivity index (χ0) is 12.4. The van der Waals surface area contributed by atoms with Gasteiger partial charge in [-0.3, -0.25) is 4.79 Å². The first-order valence-electron chi connectivity index (χ1n) is 5.42. The van der Waals surface area contributed by atoms with Gasteiger partial charge in [-0.05, 0) is 40.5 Å². The number of halogens is 1. The fourth-order valence-electron chi connectivity index (χ4n) is 1.91. The molecule has 0 radical (unpaired) electrons. The molecule has 1 amide bonds. The van der Waals surface area contributed by atoms with E-state index >= 15 is 0 Å². The SMILES string of the molecule is COc1ccc(C(=O)N2CC[C@H](O)C2)cc1Br. The van der Waals surface area contributed by atoms with E-state index in [2.05, 4.69) is 15.9 Å². The minimum Gasteiger partial charge on any atom is -0.496 e. The number of amides is 1. The number of likely N-dealkylation sites (tertiary alicyclic amines) is 1. The number of rotatable bonds is 2. The van der Waals surface area contributed by atoms with Gasteiger partial charge in [0.15, 0.2) is 0 Å². The highest BCUT2D eigenvalue weighted by Gasteiger charge is 2.25. The summed E-state index contributed by atoms with van der Waals surface area (Å²) in [5, 5.41) is 9.41. The molecule has 1 N–H and O–H groups in total. The lowest BCUT2D eigenvalue weighted by atomic mass is 10.2. The van der Waals surface area contributed by atoms with Crippen molar-refractivity contribution in [2.45, 2.75) is 12.5 Å². The van der Waals surface area contributed by atoms with Crippen molar-refractivity contribution in [3.8, 4) is 5.75 Å². The summed E-state index contributed by atoms with van der Waals surface area (Å²) in [7, 11) is 1.58. The maximum absolute atomic E-state index is 12.1. The highest BCUT2D eigenvalue weighted by molar-refractivity contribution is 9.10. The molecule has 1 atom stereocenters. The Morgan fingerprint density at radius 3 is 2.88 bits per heavy atom. The third kappa shape index (κ3) is 2.61. The van der Waals surface area contributed by atoms with Gasteiger partial charge >= 0.3 is 0 Å². The summed E-state index contributed by atoms with van der Waals surface area (Å²) in [6, 6.07) is 5.23.